The summed E-state index contributed by atoms with van der Waals surface area (Å²) in [6.07, 6.45) is 2.34. The molecule has 24 heavy (non-hydrogen) atoms. The second-order valence-electron chi connectivity index (χ2n) is 5.38. The maximum absolute atomic E-state index is 12.6. The summed E-state index contributed by atoms with van der Waals surface area (Å²) < 4.78 is 5.07. The van der Waals surface area contributed by atoms with Crippen LogP contribution in [0.5, 0.6) is 0 Å². The summed E-state index contributed by atoms with van der Waals surface area (Å²) in [5, 5.41) is 12.2. The number of hydroxylamine groups is 1. The van der Waals surface area contributed by atoms with E-state index in [0.29, 0.717) is 30.8 Å². The zero-order valence-electron chi connectivity index (χ0n) is 13.6. The third-order valence-corrected chi connectivity index (χ3v) is 3.61. The SMILES string of the molecule is CCCCN(CCc1cc(C(=O)NO)no1)C(=O)c1ccccc1. The first-order valence-corrected chi connectivity index (χ1v) is 7.90. The minimum Gasteiger partial charge on any atom is -0.361 e. The average molecular weight is 331 g/mol. The molecule has 1 heterocycles. The lowest BCUT2D eigenvalue weighted by Gasteiger charge is -2.22. The molecule has 2 N–H and O–H groups in total. The highest BCUT2D eigenvalue weighted by atomic mass is 16.5. The van der Waals surface area contributed by atoms with Crippen LogP contribution in [0.3, 0.4) is 0 Å². The maximum atomic E-state index is 12.6. The van der Waals surface area contributed by atoms with Gasteiger partial charge in [0.1, 0.15) is 5.76 Å². The first-order valence-electron chi connectivity index (χ1n) is 7.90. The van der Waals surface area contributed by atoms with Crippen molar-refractivity contribution in [3.8, 4) is 0 Å². The normalized spacial score (nSPS) is 10.4. The van der Waals surface area contributed by atoms with Crippen LogP contribution in [0.4, 0.5) is 0 Å². The van der Waals surface area contributed by atoms with Crippen molar-refractivity contribution in [2.24, 2.45) is 0 Å². The second kappa shape index (κ2) is 8.83. The lowest BCUT2D eigenvalue weighted by molar-refractivity contribution is 0.0696. The summed E-state index contributed by atoms with van der Waals surface area (Å²) in [5.41, 5.74) is 2.15. The number of hydrogen-bond acceptors (Lipinski definition) is 5. The molecule has 0 bridgehead atoms. The molecule has 7 heteroatoms. The Labute approximate surface area is 140 Å². The molecule has 128 valence electrons. The molecule has 2 amide bonds. The third kappa shape index (κ3) is 4.66. The van der Waals surface area contributed by atoms with Crippen LogP contribution in [0, 0.1) is 0 Å². The summed E-state index contributed by atoms with van der Waals surface area (Å²) in [5.74, 6) is -0.277. The zero-order valence-corrected chi connectivity index (χ0v) is 13.6. The van der Waals surface area contributed by atoms with E-state index in [-0.39, 0.29) is 11.6 Å². The minimum atomic E-state index is -0.729. The average Bonchev–Trinajstić information content (AvgIpc) is 3.10. The van der Waals surface area contributed by atoms with E-state index in [4.69, 9.17) is 9.73 Å². The third-order valence-electron chi connectivity index (χ3n) is 3.61. The van der Waals surface area contributed by atoms with E-state index in [1.807, 2.05) is 18.2 Å². The molecule has 0 atom stereocenters. The molecule has 0 radical (unpaired) electrons. The molecule has 1 aromatic carbocycles. The largest absolute Gasteiger partial charge is 0.361 e. The Morgan fingerprint density at radius 2 is 2.00 bits per heavy atom. The van der Waals surface area contributed by atoms with Gasteiger partial charge >= 0.3 is 0 Å². The molecule has 1 aromatic heterocycles. The highest BCUT2D eigenvalue weighted by molar-refractivity contribution is 5.94. The number of hydrogen-bond donors (Lipinski definition) is 2. The molecule has 0 saturated heterocycles. The Balaban J connectivity index is 2.02. The molecule has 7 nitrogen and oxygen atoms in total. The van der Waals surface area contributed by atoms with E-state index in [0.717, 1.165) is 12.8 Å². The molecule has 0 aliphatic heterocycles. The van der Waals surface area contributed by atoms with Crippen molar-refractivity contribution in [2.45, 2.75) is 26.2 Å². The van der Waals surface area contributed by atoms with Gasteiger partial charge < -0.3 is 9.42 Å². The number of amides is 2. The van der Waals surface area contributed by atoms with Gasteiger partial charge in [0.15, 0.2) is 5.69 Å². The molecule has 0 aliphatic rings. The smallest absolute Gasteiger partial charge is 0.296 e. The van der Waals surface area contributed by atoms with Crippen LogP contribution in [0.1, 0.15) is 46.4 Å². The van der Waals surface area contributed by atoms with Crippen LogP contribution >= 0.6 is 0 Å². The summed E-state index contributed by atoms with van der Waals surface area (Å²) in [4.78, 5) is 25.6. The highest BCUT2D eigenvalue weighted by Crippen LogP contribution is 2.10. The van der Waals surface area contributed by atoms with Crippen molar-refractivity contribution < 1.29 is 19.3 Å². The van der Waals surface area contributed by atoms with Gasteiger partial charge in [-0.05, 0) is 18.6 Å². The van der Waals surface area contributed by atoms with Crippen molar-refractivity contribution >= 4 is 11.8 Å². The molecular formula is C17H21N3O4. The van der Waals surface area contributed by atoms with Gasteiger partial charge in [-0.3, -0.25) is 14.8 Å². The first kappa shape index (κ1) is 17.7. The van der Waals surface area contributed by atoms with Gasteiger partial charge in [-0.1, -0.05) is 36.7 Å². The van der Waals surface area contributed by atoms with E-state index < -0.39 is 5.91 Å². The Kier molecular flexibility index (Phi) is 6.51. The number of nitrogens with zero attached hydrogens (tertiary/aromatic N) is 2. The van der Waals surface area contributed by atoms with Crippen LogP contribution in [0.2, 0.25) is 0 Å². The maximum Gasteiger partial charge on any atom is 0.296 e. The van der Waals surface area contributed by atoms with Crippen molar-refractivity contribution in [1.82, 2.24) is 15.5 Å². The Morgan fingerprint density at radius 3 is 2.67 bits per heavy atom. The highest BCUT2D eigenvalue weighted by Gasteiger charge is 2.17. The van der Waals surface area contributed by atoms with E-state index in [1.165, 1.54) is 11.5 Å². The molecule has 0 unspecified atom stereocenters. The number of nitrogens with one attached hydrogen (secondary N) is 1. The van der Waals surface area contributed by atoms with E-state index in [9.17, 15) is 9.59 Å². The first-order chi connectivity index (χ1) is 11.7. The van der Waals surface area contributed by atoms with Gasteiger partial charge in [0.05, 0.1) is 0 Å². The van der Waals surface area contributed by atoms with Gasteiger partial charge in [0.2, 0.25) is 0 Å². The summed E-state index contributed by atoms with van der Waals surface area (Å²) >= 11 is 0. The van der Waals surface area contributed by atoms with Crippen molar-refractivity contribution in [2.75, 3.05) is 13.1 Å². The Hall–Kier alpha value is -2.67. The van der Waals surface area contributed by atoms with Crippen LogP contribution in [0.15, 0.2) is 40.9 Å². The van der Waals surface area contributed by atoms with Gasteiger partial charge in [-0.25, -0.2) is 5.48 Å². The minimum absolute atomic E-state index is 0.00185. The van der Waals surface area contributed by atoms with Gasteiger partial charge in [0, 0.05) is 31.1 Å². The van der Waals surface area contributed by atoms with Crippen molar-refractivity contribution in [1.29, 1.82) is 0 Å². The van der Waals surface area contributed by atoms with E-state index in [2.05, 4.69) is 12.1 Å². The predicted molar refractivity (Wildman–Crippen MR) is 86.7 cm³/mol. The summed E-state index contributed by atoms with van der Waals surface area (Å²) in [6.45, 7) is 3.19. The molecule has 0 aliphatic carbocycles. The van der Waals surface area contributed by atoms with Crippen molar-refractivity contribution in [3.63, 3.8) is 0 Å². The number of carbonyl (C=O) groups is 2. The van der Waals surface area contributed by atoms with Gasteiger partial charge in [-0.2, -0.15) is 0 Å². The number of rotatable bonds is 8. The number of benzene rings is 1. The topological polar surface area (TPSA) is 95.7 Å². The van der Waals surface area contributed by atoms with Crippen molar-refractivity contribution in [3.05, 3.63) is 53.4 Å². The quantitative estimate of drug-likeness (QED) is 0.571. The number of aromatic nitrogens is 1. The molecule has 0 saturated carbocycles. The van der Waals surface area contributed by atoms with Gasteiger partial charge in [0.25, 0.3) is 11.8 Å². The lowest BCUT2D eigenvalue weighted by Crippen LogP contribution is -2.33. The zero-order chi connectivity index (χ0) is 17.4. The predicted octanol–water partition coefficient (Wildman–Crippen LogP) is 2.28. The van der Waals surface area contributed by atoms with Crippen LogP contribution in [0.25, 0.3) is 0 Å². The molecule has 0 fully saturated rings. The van der Waals surface area contributed by atoms with Crippen LogP contribution < -0.4 is 5.48 Å². The fourth-order valence-electron chi connectivity index (χ4n) is 2.27. The summed E-state index contributed by atoms with van der Waals surface area (Å²) in [6, 6.07) is 10.6. The van der Waals surface area contributed by atoms with Crippen LogP contribution in [-0.4, -0.2) is 40.2 Å². The Bertz CT molecular complexity index is 669. The molecular weight excluding hydrogens is 310 g/mol. The second-order valence-corrected chi connectivity index (χ2v) is 5.38. The fraction of sp³-hybridized carbons (Fsp3) is 0.353. The Morgan fingerprint density at radius 1 is 1.25 bits per heavy atom. The van der Waals surface area contributed by atoms with Crippen LogP contribution in [-0.2, 0) is 6.42 Å². The lowest BCUT2D eigenvalue weighted by atomic mass is 10.1. The van der Waals surface area contributed by atoms with E-state index >= 15 is 0 Å². The molecule has 0 spiro atoms. The monoisotopic (exact) mass is 331 g/mol. The molecule has 2 aromatic rings. The standard InChI is InChI=1S/C17H21N3O4/c1-2-3-10-20(17(22)13-7-5-4-6-8-13)11-9-14-12-15(19-24-14)16(21)18-23/h4-8,12,23H,2-3,9-11H2,1H3,(H,18,21). The van der Waals surface area contributed by atoms with E-state index in [1.54, 1.807) is 17.0 Å². The molecule has 2 rings (SSSR count). The number of unbranched alkanes of at least 4 members (excludes halogenated alkanes) is 1. The fourth-order valence-corrected chi connectivity index (χ4v) is 2.27. The summed E-state index contributed by atoms with van der Waals surface area (Å²) in [7, 11) is 0. The van der Waals surface area contributed by atoms with Gasteiger partial charge in [-0.15, -0.1) is 0 Å². The number of carbonyl (C=O) groups excluding carboxylic acids is 2.